The number of amides is 2. The van der Waals surface area contributed by atoms with Gasteiger partial charge in [-0.05, 0) is 24.1 Å². The lowest BCUT2D eigenvalue weighted by molar-refractivity contribution is 0.240. The maximum atomic E-state index is 11.2. The first-order valence-electron chi connectivity index (χ1n) is 4.98. The van der Waals surface area contributed by atoms with Gasteiger partial charge in [0.1, 0.15) is 0 Å². The molecule has 1 rings (SSSR count). The second-order valence-electron chi connectivity index (χ2n) is 3.24. The first-order chi connectivity index (χ1) is 7.22. The lowest BCUT2D eigenvalue weighted by atomic mass is 10.2. The van der Waals surface area contributed by atoms with Crippen molar-refractivity contribution in [2.24, 2.45) is 0 Å². The molecule has 0 saturated carbocycles. The van der Waals surface area contributed by atoms with Crippen molar-refractivity contribution in [1.29, 1.82) is 0 Å². The molecule has 2 amide bonds. The van der Waals surface area contributed by atoms with Crippen LogP contribution in [-0.2, 0) is 6.54 Å². The Kier molecular flexibility index (Phi) is 4.98. The number of carbonyl (C=O) groups excluding carboxylic acids is 1. The Bertz CT molecular complexity index is 328. The standard InChI is InChI=1S/C11H15ClN2O/c1-2-6-13-11(15)14-8-9-4-3-5-10(12)7-9/h3-5,7H,2,6,8H2,1H3,(H2,13,14,15). The van der Waals surface area contributed by atoms with Crippen molar-refractivity contribution >= 4 is 17.6 Å². The second-order valence-corrected chi connectivity index (χ2v) is 3.68. The molecule has 0 bridgehead atoms. The van der Waals surface area contributed by atoms with Crippen molar-refractivity contribution in [2.75, 3.05) is 6.54 Å². The van der Waals surface area contributed by atoms with E-state index < -0.39 is 0 Å². The molecule has 0 aliphatic rings. The van der Waals surface area contributed by atoms with Crippen molar-refractivity contribution in [3.05, 3.63) is 34.9 Å². The summed E-state index contributed by atoms with van der Waals surface area (Å²) in [7, 11) is 0. The van der Waals surface area contributed by atoms with E-state index in [1.807, 2.05) is 31.2 Å². The average Bonchev–Trinajstić information content (AvgIpc) is 2.23. The normalized spacial score (nSPS) is 9.73. The summed E-state index contributed by atoms with van der Waals surface area (Å²) >= 11 is 5.82. The summed E-state index contributed by atoms with van der Waals surface area (Å²) in [5.41, 5.74) is 0.995. The fourth-order valence-electron chi connectivity index (χ4n) is 1.13. The first kappa shape index (κ1) is 11.9. The average molecular weight is 227 g/mol. The molecular weight excluding hydrogens is 212 g/mol. The minimum Gasteiger partial charge on any atom is -0.338 e. The van der Waals surface area contributed by atoms with Crippen LogP contribution in [0.3, 0.4) is 0 Å². The zero-order valence-corrected chi connectivity index (χ0v) is 9.47. The van der Waals surface area contributed by atoms with Gasteiger partial charge in [0.05, 0.1) is 0 Å². The predicted molar refractivity (Wildman–Crippen MR) is 62.0 cm³/mol. The van der Waals surface area contributed by atoms with E-state index in [1.54, 1.807) is 0 Å². The minimum absolute atomic E-state index is 0.142. The molecule has 0 unspecified atom stereocenters. The summed E-state index contributed by atoms with van der Waals surface area (Å²) in [4.78, 5) is 11.2. The molecule has 0 atom stereocenters. The number of halogens is 1. The maximum absolute atomic E-state index is 11.2. The minimum atomic E-state index is -0.142. The highest BCUT2D eigenvalue weighted by Crippen LogP contribution is 2.09. The van der Waals surface area contributed by atoms with E-state index in [0.717, 1.165) is 12.0 Å². The third kappa shape index (κ3) is 4.70. The first-order valence-corrected chi connectivity index (χ1v) is 5.36. The summed E-state index contributed by atoms with van der Waals surface area (Å²) in [6, 6.07) is 7.29. The molecule has 0 aliphatic heterocycles. The second kappa shape index (κ2) is 6.30. The van der Waals surface area contributed by atoms with Gasteiger partial charge in [-0.25, -0.2) is 4.79 Å². The molecule has 15 heavy (non-hydrogen) atoms. The largest absolute Gasteiger partial charge is 0.338 e. The van der Waals surface area contributed by atoms with Gasteiger partial charge >= 0.3 is 6.03 Å². The van der Waals surface area contributed by atoms with Gasteiger partial charge < -0.3 is 10.6 Å². The molecule has 1 aromatic rings. The topological polar surface area (TPSA) is 41.1 Å². The Morgan fingerprint density at radius 3 is 2.87 bits per heavy atom. The highest BCUT2D eigenvalue weighted by Gasteiger charge is 1.98. The Balaban J connectivity index is 2.33. The van der Waals surface area contributed by atoms with E-state index in [-0.39, 0.29) is 6.03 Å². The smallest absolute Gasteiger partial charge is 0.315 e. The van der Waals surface area contributed by atoms with Crippen LogP contribution in [0, 0.1) is 0 Å². The number of benzene rings is 1. The highest BCUT2D eigenvalue weighted by atomic mass is 35.5. The fraction of sp³-hybridized carbons (Fsp3) is 0.364. The molecule has 4 heteroatoms. The lowest BCUT2D eigenvalue weighted by Gasteiger charge is -2.06. The van der Waals surface area contributed by atoms with Crippen LogP contribution in [0.25, 0.3) is 0 Å². The van der Waals surface area contributed by atoms with Crippen LogP contribution in [0.15, 0.2) is 24.3 Å². The van der Waals surface area contributed by atoms with Gasteiger partial charge in [0.25, 0.3) is 0 Å². The SMILES string of the molecule is CCCNC(=O)NCc1cccc(Cl)c1. The van der Waals surface area contributed by atoms with Gasteiger partial charge in [0.15, 0.2) is 0 Å². The van der Waals surface area contributed by atoms with Crippen LogP contribution in [-0.4, -0.2) is 12.6 Å². The summed E-state index contributed by atoms with van der Waals surface area (Å²) in [5.74, 6) is 0. The third-order valence-corrected chi connectivity index (χ3v) is 2.11. The number of nitrogens with one attached hydrogen (secondary N) is 2. The third-order valence-electron chi connectivity index (χ3n) is 1.88. The van der Waals surface area contributed by atoms with E-state index in [9.17, 15) is 4.79 Å². The molecule has 0 fully saturated rings. The molecule has 2 N–H and O–H groups in total. The molecule has 0 aromatic heterocycles. The fourth-order valence-corrected chi connectivity index (χ4v) is 1.34. The van der Waals surface area contributed by atoms with E-state index in [1.165, 1.54) is 0 Å². The maximum Gasteiger partial charge on any atom is 0.315 e. The number of rotatable bonds is 4. The van der Waals surface area contributed by atoms with E-state index in [0.29, 0.717) is 18.1 Å². The van der Waals surface area contributed by atoms with Crippen LogP contribution >= 0.6 is 11.6 Å². The Labute approximate surface area is 94.8 Å². The quantitative estimate of drug-likeness (QED) is 0.814. The number of urea groups is 1. The Hall–Kier alpha value is -1.22. The molecule has 0 spiro atoms. The molecule has 0 aliphatic carbocycles. The van der Waals surface area contributed by atoms with Crippen LogP contribution < -0.4 is 10.6 Å². The van der Waals surface area contributed by atoms with Gasteiger partial charge in [-0.1, -0.05) is 30.7 Å². The molecule has 1 aromatic carbocycles. The molecule has 82 valence electrons. The van der Waals surface area contributed by atoms with E-state index >= 15 is 0 Å². The van der Waals surface area contributed by atoms with Crippen molar-refractivity contribution < 1.29 is 4.79 Å². The molecule has 0 saturated heterocycles. The van der Waals surface area contributed by atoms with Crippen molar-refractivity contribution in [3.63, 3.8) is 0 Å². The van der Waals surface area contributed by atoms with Gasteiger partial charge in [-0.3, -0.25) is 0 Å². The van der Waals surface area contributed by atoms with Crippen LogP contribution in [0.1, 0.15) is 18.9 Å². The number of hydrogen-bond acceptors (Lipinski definition) is 1. The highest BCUT2D eigenvalue weighted by molar-refractivity contribution is 6.30. The number of carbonyl (C=O) groups is 1. The van der Waals surface area contributed by atoms with Crippen molar-refractivity contribution in [3.8, 4) is 0 Å². The monoisotopic (exact) mass is 226 g/mol. The molecule has 0 radical (unpaired) electrons. The molecule has 0 heterocycles. The van der Waals surface area contributed by atoms with Crippen molar-refractivity contribution in [1.82, 2.24) is 10.6 Å². The predicted octanol–water partition coefficient (Wildman–Crippen LogP) is 2.55. The number of hydrogen-bond donors (Lipinski definition) is 2. The summed E-state index contributed by atoms with van der Waals surface area (Å²) in [5, 5.41) is 6.17. The van der Waals surface area contributed by atoms with Gasteiger partial charge in [0.2, 0.25) is 0 Å². The summed E-state index contributed by atoms with van der Waals surface area (Å²) in [6.07, 6.45) is 0.935. The zero-order chi connectivity index (χ0) is 11.1. The van der Waals surface area contributed by atoms with Crippen LogP contribution in [0.5, 0.6) is 0 Å². The van der Waals surface area contributed by atoms with E-state index in [2.05, 4.69) is 10.6 Å². The van der Waals surface area contributed by atoms with Gasteiger partial charge in [-0.2, -0.15) is 0 Å². The Morgan fingerprint density at radius 1 is 1.40 bits per heavy atom. The van der Waals surface area contributed by atoms with Crippen LogP contribution in [0.4, 0.5) is 4.79 Å². The molecular formula is C11H15ClN2O. The lowest BCUT2D eigenvalue weighted by Crippen LogP contribution is -2.35. The van der Waals surface area contributed by atoms with Gasteiger partial charge in [0, 0.05) is 18.1 Å². The zero-order valence-electron chi connectivity index (χ0n) is 8.72. The van der Waals surface area contributed by atoms with E-state index in [4.69, 9.17) is 11.6 Å². The van der Waals surface area contributed by atoms with Gasteiger partial charge in [-0.15, -0.1) is 0 Å². The summed E-state index contributed by atoms with van der Waals surface area (Å²) < 4.78 is 0. The van der Waals surface area contributed by atoms with Crippen molar-refractivity contribution in [2.45, 2.75) is 19.9 Å². The summed E-state index contributed by atoms with van der Waals surface area (Å²) in [6.45, 7) is 3.20. The molecule has 3 nitrogen and oxygen atoms in total. The Morgan fingerprint density at radius 2 is 2.20 bits per heavy atom. The van der Waals surface area contributed by atoms with Crippen LogP contribution in [0.2, 0.25) is 5.02 Å².